The number of carbonyl (C=O) groups excluding carboxylic acids is 1. The molecular weight excluding hydrogens is 456 g/mol. The molecule has 0 spiro atoms. The molecule has 2 aliphatic rings. The summed E-state index contributed by atoms with van der Waals surface area (Å²) in [6.45, 7) is 0.265. The first-order chi connectivity index (χ1) is 17.6. The van der Waals surface area contributed by atoms with Gasteiger partial charge in [-0.2, -0.15) is 0 Å². The Labute approximate surface area is 206 Å². The van der Waals surface area contributed by atoms with Crippen molar-refractivity contribution in [2.45, 2.75) is 18.6 Å². The normalized spacial score (nSPS) is 20.6. The standard InChI is InChI=1S/C28H24N4O4/c1-36-22-16-14-19(15-17-22)25-24(26(33)30(25)20-9-4-2-5-10-20)23-13-8-18-29-27(34)31(28(35)32(23)29)21-11-6-3-7-12-21/h2-17,23-25H,18H2,1H3/t23-,24-,25-/m1/s1. The van der Waals surface area contributed by atoms with E-state index in [0.29, 0.717) is 5.69 Å². The van der Waals surface area contributed by atoms with Gasteiger partial charge in [0.25, 0.3) is 0 Å². The number of aromatic nitrogens is 3. The van der Waals surface area contributed by atoms with Crippen molar-refractivity contribution in [2.24, 2.45) is 5.92 Å². The fourth-order valence-electron chi connectivity index (χ4n) is 5.28. The van der Waals surface area contributed by atoms with Crippen LogP contribution in [0.15, 0.2) is 107 Å². The number of allylic oxidation sites excluding steroid dienone is 2. The van der Waals surface area contributed by atoms with Crippen molar-refractivity contribution in [1.82, 2.24) is 13.9 Å². The molecule has 3 atom stereocenters. The van der Waals surface area contributed by atoms with Crippen LogP contribution in [-0.2, 0) is 11.3 Å². The summed E-state index contributed by atoms with van der Waals surface area (Å²) < 4.78 is 9.35. The quantitative estimate of drug-likeness (QED) is 0.324. The first-order valence-corrected chi connectivity index (χ1v) is 11.8. The van der Waals surface area contributed by atoms with E-state index in [9.17, 15) is 14.4 Å². The van der Waals surface area contributed by atoms with Crippen molar-refractivity contribution in [3.63, 3.8) is 0 Å². The van der Waals surface area contributed by atoms with Gasteiger partial charge in [-0.05, 0) is 42.0 Å². The van der Waals surface area contributed by atoms with Crippen LogP contribution in [0.4, 0.5) is 5.69 Å². The molecule has 0 aliphatic carbocycles. The summed E-state index contributed by atoms with van der Waals surface area (Å²) in [4.78, 5) is 42.3. The van der Waals surface area contributed by atoms with Crippen LogP contribution < -0.4 is 21.0 Å². The maximum absolute atomic E-state index is 13.7. The Morgan fingerprint density at radius 2 is 1.42 bits per heavy atom. The minimum atomic E-state index is -0.608. The van der Waals surface area contributed by atoms with E-state index in [1.54, 1.807) is 36.3 Å². The Kier molecular flexibility index (Phi) is 5.21. The molecule has 1 saturated heterocycles. The summed E-state index contributed by atoms with van der Waals surface area (Å²) in [5.74, 6) is 0.0526. The van der Waals surface area contributed by atoms with Crippen LogP contribution in [0, 0.1) is 5.92 Å². The maximum Gasteiger partial charge on any atom is 0.352 e. The number of ether oxygens (including phenoxy) is 1. The number of carbonyl (C=O) groups is 1. The van der Waals surface area contributed by atoms with Gasteiger partial charge in [0.15, 0.2) is 0 Å². The van der Waals surface area contributed by atoms with Crippen LogP contribution in [0.3, 0.4) is 0 Å². The summed E-state index contributed by atoms with van der Waals surface area (Å²) in [6, 6.07) is 25.0. The second-order valence-corrected chi connectivity index (χ2v) is 8.87. The summed E-state index contributed by atoms with van der Waals surface area (Å²) in [5, 5.41) is 0. The molecule has 0 N–H and O–H groups in total. The molecule has 8 nitrogen and oxygen atoms in total. The lowest BCUT2D eigenvalue weighted by molar-refractivity contribution is -0.132. The van der Waals surface area contributed by atoms with Crippen molar-refractivity contribution in [3.05, 3.63) is 124 Å². The molecule has 3 heterocycles. The number of β-lactam (4-membered cyclic amide) rings is 1. The van der Waals surface area contributed by atoms with E-state index in [4.69, 9.17) is 4.74 Å². The highest BCUT2D eigenvalue weighted by atomic mass is 16.5. The first-order valence-electron chi connectivity index (χ1n) is 11.8. The third-order valence-corrected chi connectivity index (χ3v) is 6.97. The van der Waals surface area contributed by atoms with Crippen LogP contribution >= 0.6 is 0 Å². The third-order valence-electron chi connectivity index (χ3n) is 6.97. The molecule has 1 aromatic heterocycles. The van der Waals surface area contributed by atoms with Crippen LogP contribution in [-0.4, -0.2) is 26.9 Å². The molecular formula is C28H24N4O4. The second kappa shape index (κ2) is 8.57. The van der Waals surface area contributed by atoms with E-state index >= 15 is 0 Å². The zero-order valence-corrected chi connectivity index (χ0v) is 19.6. The average molecular weight is 481 g/mol. The lowest BCUT2D eigenvalue weighted by atomic mass is 9.76. The van der Waals surface area contributed by atoms with Crippen LogP contribution in [0.5, 0.6) is 5.75 Å². The highest BCUT2D eigenvalue weighted by Gasteiger charge is 2.53. The van der Waals surface area contributed by atoms with Gasteiger partial charge in [-0.25, -0.2) is 23.5 Å². The number of anilines is 1. The molecule has 0 unspecified atom stereocenters. The number of hydrogen-bond donors (Lipinski definition) is 0. The lowest BCUT2D eigenvalue weighted by Gasteiger charge is -2.50. The number of para-hydroxylation sites is 2. The van der Waals surface area contributed by atoms with Crippen molar-refractivity contribution < 1.29 is 9.53 Å². The van der Waals surface area contributed by atoms with Crippen molar-refractivity contribution in [2.75, 3.05) is 12.0 Å². The van der Waals surface area contributed by atoms with Crippen molar-refractivity contribution >= 4 is 11.6 Å². The van der Waals surface area contributed by atoms with Gasteiger partial charge in [0.2, 0.25) is 5.91 Å². The number of fused-ring (bicyclic) bond motifs is 1. The molecule has 2 aliphatic heterocycles. The van der Waals surface area contributed by atoms with Gasteiger partial charge in [0, 0.05) is 5.69 Å². The van der Waals surface area contributed by atoms with E-state index in [1.165, 1.54) is 13.9 Å². The summed E-state index contributed by atoms with van der Waals surface area (Å²) in [6.07, 6.45) is 3.72. The molecule has 36 heavy (non-hydrogen) atoms. The topological polar surface area (TPSA) is 78.5 Å². The Balaban J connectivity index is 1.48. The van der Waals surface area contributed by atoms with Crippen molar-refractivity contribution in [1.29, 1.82) is 0 Å². The molecule has 3 aromatic carbocycles. The predicted molar refractivity (Wildman–Crippen MR) is 136 cm³/mol. The average Bonchev–Trinajstić information content (AvgIpc) is 3.18. The second-order valence-electron chi connectivity index (χ2n) is 8.87. The molecule has 180 valence electrons. The van der Waals surface area contributed by atoms with Gasteiger partial charge in [0.05, 0.1) is 37.3 Å². The number of amides is 1. The Morgan fingerprint density at radius 3 is 2.06 bits per heavy atom. The summed E-state index contributed by atoms with van der Waals surface area (Å²) in [5.41, 5.74) is 1.32. The van der Waals surface area contributed by atoms with E-state index in [1.807, 2.05) is 72.8 Å². The van der Waals surface area contributed by atoms with Gasteiger partial charge in [0.1, 0.15) is 5.75 Å². The SMILES string of the molecule is COc1ccc([C@@H]2[C@@H]([C@H]3C=CCn4c(=O)n(-c5ccccc5)c(=O)n43)C(=O)N2c2ccccc2)cc1. The molecule has 6 rings (SSSR count). The number of nitrogens with zero attached hydrogens (tertiary/aromatic N) is 4. The zero-order chi connectivity index (χ0) is 24.8. The van der Waals surface area contributed by atoms with E-state index < -0.39 is 23.3 Å². The predicted octanol–water partition coefficient (Wildman–Crippen LogP) is 3.32. The zero-order valence-electron chi connectivity index (χ0n) is 19.6. The minimum Gasteiger partial charge on any atom is -0.497 e. The molecule has 0 saturated carbocycles. The Bertz CT molecular complexity index is 1570. The minimum absolute atomic E-state index is 0.100. The van der Waals surface area contributed by atoms with Crippen LogP contribution in [0.2, 0.25) is 0 Å². The van der Waals surface area contributed by atoms with Crippen LogP contribution in [0.1, 0.15) is 17.6 Å². The van der Waals surface area contributed by atoms with Gasteiger partial charge >= 0.3 is 11.4 Å². The molecule has 0 bridgehead atoms. The molecule has 8 heteroatoms. The largest absolute Gasteiger partial charge is 0.497 e. The van der Waals surface area contributed by atoms with Crippen LogP contribution in [0.25, 0.3) is 5.69 Å². The highest BCUT2D eigenvalue weighted by Crippen LogP contribution is 2.49. The molecule has 1 amide bonds. The Hall–Kier alpha value is -4.59. The van der Waals surface area contributed by atoms with E-state index in [0.717, 1.165) is 17.0 Å². The number of rotatable bonds is 5. The number of hydrogen-bond acceptors (Lipinski definition) is 4. The van der Waals surface area contributed by atoms with E-state index in [2.05, 4.69) is 0 Å². The van der Waals surface area contributed by atoms with Crippen molar-refractivity contribution in [3.8, 4) is 11.4 Å². The highest BCUT2D eigenvalue weighted by molar-refractivity contribution is 6.03. The number of methoxy groups -OCH3 is 1. The fourth-order valence-corrected chi connectivity index (χ4v) is 5.28. The maximum atomic E-state index is 13.7. The smallest absolute Gasteiger partial charge is 0.352 e. The van der Waals surface area contributed by atoms with Gasteiger partial charge in [-0.15, -0.1) is 0 Å². The van der Waals surface area contributed by atoms with Gasteiger partial charge in [-0.1, -0.05) is 60.7 Å². The lowest BCUT2D eigenvalue weighted by Crippen LogP contribution is -2.59. The van der Waals surface area contributed by atoms with Gasteiger partial charge in [-0.3, -0.25) is 4.79 Å². The first kappa shape index (κ1) is 21.9. The molecule has 1 fully saturated rings. The monoisotopic (exact) mass is 480 g/mol. The summed E-state index contributed by atoms with van der Waals surface area (Å²) >= 11 is 0. The fraction of sp³-hybridized carbons (Fsp3) is 0.179. The molecule has 4 aromatic rings. The Morgan fingerprint density at radius 1 is 0.778 bits per heavy atom. The molecule has 0 radical (unpaired) electrons. The van der Waals surface area contributed by atoms with Gasteiger partial charge < -0.3 is 9.64 Å². The summed E-state index contributed by atoms with van der Waals surface area (Å²) in [7, 11) is 1.61. The van der Waals surface area contributed by atoms with E-state index in [-0.39, 0.29) is 18.5 Å². The number of benzene rings is 3. The third kappa shape index (κ3) is 3.25.